The zero-order valence-corrected chi connectivity index (χ0v) is 13.4. The Morgan fingerprint density at radius 3 is 3.00 bits per heavy atom. The summed E-state index contributed by atoms with van der Waals surface area (Å²) in [6.45, 7) is 2.58. The average molecular weight is 345 g/mol. The first-order valence-electron chi connectivity index (χ1n) is 8.00. The quantitative estimate of drug-likeness (QED) is 0.763. The molecule has 3 heterocycles. The predicted octanol–water partition coefficient (Wildman–Crippen LogP) is 2.65. The third-order valence-electron chi connectivity index (χ3n) is 4.30. The summed E-state index contributed by atoms with van der Waals surface area (Å²) in [4.78, 5) is 16.9. The van der Waals surface area contributed by atoms with Crippen LogP contribution in [0.15, 0.2) is 36.9 Å². The van der Waals surface area contributed by atoms with Crippen molar-refractivity contribution in [3.63, 3.8) is 0 Å². The average Bonchev–Trinajstić information content (AvgIpc) is 3.27. The maximum absolute atomic E-state index is 14.0. The molecule has 0 spiro atoms. The third kappa shape index (κ3) is 3.31. The zero-order valence-electron chi connectivity index (χ0n) is 13.4. The van der Waals surface area contributed by atoms with Crippen molar-refractivity contribution >= 4 is 0 Å². The number of aromatic nitrogens is 4. The van der Waals surface area contributed by atoms with E-state index in [0.29, 0.717) is 31.3 Å². The van der Waals surface area contributed by atoms with Crippen LogP contribution in [0.1, 0.15) is 17.6 Å². The molecule has 1 unspecified atom stereocenters. The van der Waals surface area contributed by atoms with Crippen LogP contribution in [0.2, 0.25) is 0 Å². The van der Waals surface area contributed by atoms with Crippen molar-refractivity contribution < 1.29 is 13.5 Å². The van der Waals surface area contributed by atoms with Crippen LogP contribution in [-0.4, -0.2) is 44.6 Å². The summed E-state index contributed by atoms with van der Waals surface area (Å²) in [6.07, 6.45) is 5.00. The Balaban J connectivity index is 1.59. The molecule has 1 aromatic carbocycles. The lowest BCUT2D eigenvalue weighted by molar-refractivity contribution is -0.0161. The minimum atomic E-state index is -0.621. The molecule has 1 fully saturated rings. The second kappa shape index (κ2) is 6.73. The molecular weight excluding hydrogens is 328 g/mol. The van der Waals surface area contributed by atoms with Crippen LogP contribution in [0.4, 0.5) is 8.78 Å². The number of benzene rings is 1. The van der Waals surface area contributed by atoms with Crippen LogP contribution in [0.5, 0.6) is 0 Å². The van der Waals surface area contributed by atoms with E-state index in [4.69, 9.17) is 4.74 Å². The van der Waals surface area contributed by atoms with Gasteiger partial charge in [0.2, 0.25) is 0 Å². The molecule has 0 bridgehead atoms. The number of nitrogens with one attached hydrogen (secondary N) is 2. The van der Waals surface area contributed by atoms with Gasteiger partial charge in [0.15, 0.2) is 0 Å². The minimum absolute atomic E-state index is 0.0747. The summed E-state index contributed by atoms with van der Waals surface area (Å²) in [6, 6.07) is 3.42. The number of hydrogen-bond acceptors (Lipinski definition) is 4. The number of aromatic amines is 2. The fraction of sp³-hybridized carbons (Fsp3) is 0.294. The van der Waals surface area contributed by atoms with Gasteiger partial charge in [0.1, 0.15) is 17.5 Å². The molecule has 0 amide bonds. The smallest absolute Gasteiger partial charge is 0.135 e. The molecule has 4 rings (SSSR count). The molecule has 1 saturated heterocycles. The molecule has 1 atom stereocenters. The minimum Gasteiger partial charge on any atom is -0.378 e. The second-order valence-corrected chi connectivity index (χ2v) is 5.94. The Morgan fingerprint density at radius 2 is 2.20 bits per heavy atom. The van der Waals surface area contributed by atoms with Gasteiger partial charge in [0, 0.05) is 36.6 Å². The van der Waals surface area contributed by atoms with E-state index >= 15 is 0 Å². The predicted molar refractivity (Wildman–Crippen MR) is 86.5 cm³/mol. The van der Waals surface area contributed by atoms with Crippen molar-refractivity contribution in [2.75, 3.05) is 19.8 Å². The maximum atomic E-state index is 14.0. The Hall–Kier alpha value is -2.58. The van der Waals surface area contributed by atoms with Crippen molar-refractivity contribution in [2.24, 2.45) is 0 Å². The first-order chi connectivity index (χ1) is 12.2. The first-order valence-corrected chi connectivity index (χ1v) is 8.00. The van der Waals surface area contributed by atoms with Gasteiger partial charge in [-0.25, -0.2) is 18.7 Å². The second-order valence-electron chi connectivity index (χ2n) is 5.94. The van der Waals surface area contributed by atoms with E-state index in [1.165, 1.54) is 12.1 Å². The molecule has 0 radical (unpaired) electrons. The summed E-state index contributed by atoms with van der Waals surface area (Å²) in [5, 5.41) is 0. The highest BCUT2D eigenvalue weighted by atomic mass is 19.1. The Morgan fingerprint density at radius 1 is 1.28 bits per heavy atom. The van der Waals surface area contributed by atoms with E-state index in [9.17, 15) is 8.78 Å². The van der Waals surface area contributed by atoms with Gasteiger partial charge in [-0.2, -0.15) is 0 Å². The molecule has 0 aliphatic carbocycles. The van der Waals surface area contributed by atoms with E-state index in [2.05, 4.69) is 24.8 Å². The fourth-order valence-electron chi connectivity index (χ4n) is 3.02. The molecule has 1 aliphatic heterocycles. The van der Waals surface area contributed by atoms with Gasteiger partial charge in [-0.1, -0.05) is 0 Å². The number of ether oxygens (including phenoxy) is 1. The Bertz CT molecular complexity index is 849. The molecule has 2 N–H and O–H groups in total. The van der Waals surface area contributed by atoms with Crippen molar-refractivity contribution in [1.82, 2.24) is 24.8 Å². The number of imidazole rings is 2. The van der Waals surface area contributed by atoms with Gasteiger partial charge >= 0.3 is 0 Å². The van der Waals surface area contributed by atoms with Gasteiger partial charge in [0.05, 0.1) is 37.5 Å². The molecule has 8 heteroatoms. The number of rotatable bonds is 4. The van der Waals surface area contributed by atoms with Gasteiger partial charge < -0.3 is 14.7 Å². The highest BCUT2D eigenvalue weighted by molar-refractivity contribution is 5.59. The van der Waals surface area contributed by atoms with Crippen LogP contribution < -0.4 is 0 Å². The Labute approximate surface area is 142 Å². The van der Waals surface area contributed by atoms with E-state index < -0.39 is 11.6 Å². The van der Waals surface area contributed by atoms with Crippen molar-refractivity contribution in [3.05, 3.63) is 60.1 Å². The fourth-order valence-corrected chi connectivity index (χ4v) is 3.02. The first kappa shape index (κ1) is 15.9. The Kier molecular flexibility index (Phi) is 4.29. The lowest BCUT2D eigenvalue weighted by Crippen LogP contribution is -2.39. The van der Waals surface area contributed by atoms with Gasteiger partial charge in [-0.3, -0.25) is 4.90 Å². The molecular formula is C17H17F2N5O. The lowest BCUT2D eigenvalue weighted by atomic mass is 10.1. The number of hydrogen-bond donors (Lipinski definition) is 2. The summed E-state index contributed by atoms with van der Waals surface area (Å²) in [5.41, 5.74) is 1.81. The molecule has 130 valence electrons. The molecule has 6 nitrogen and oxygen atoms in total. The summed E-state index contributed by atoms with van der Waals surface area (Å²) >= 11 is 0. The topological polar surface area (TPSA) is 69.8 Å². The molecule has 3 aromatic rings. The maximum Gasteiger partial charge on any atom is 0.135 e. The number of H-pyrrole nitrogens is 2. The number of halogens is 2. The highest BCUT2D eigenvalue weighted by Gasteiger charge is 2.27. The highest BCUT2D eigenvalue weighted by Crippen LogP contribution is 2.27. The largest absolute Gasteiger partial charge is 0.378 e. The van der Waals surface area contributed by atoms with Gasteiger partial charge in [-0.05, 0) is 12.1 Å². The van der Waals surface area contributed by atoms with E-state index in [-0.39, 0.29) is 11.6 Å². The molecule has 1 aliphatic rings. The van der Waals surface area contributed by atoms with Crippen molar-refractivity contribution in [1.29, 1.82) is 0 Å². The number of morpholine rings is 1. The monoisotopic (exact) mass is 345 g/mol. The van der Waals surface area contributed by atoms with Crippen LogP contribution in [0.3, 0.4) is 0 Å². The van der Waals surface area contributed by atoms with Crippen molar-refractivity contribution in [2.45, 2.75) is 12.6 Å². The van der Waals surface area contributed by atoms with Crippen molar-refractivity contribution in [3.8, 4) is 11.3 Å². The van der Waals surface area contributed by atoms with E-state index in [0.717, 1.165) is 18.3 Å². The van der Waals surface area contributed by atoms with Gasteiger partial charge in [0.25, 0.3) is 0 Å². The standard InChI is InChI=1S/C17H17F2N5O/c18-11-1-2-13(14(19)5-11)15-7-21-17(23-15)16-9-25-4-3-24(16)8-12-6-20-10-22-12/h1-2,5-7,10,16H,3-4,8-9H2,(H,20,22)(H,21,23). The summed E-state index contributed by atoms with van der Waals surface area (Å²) < 4.78 is 32.7. The third-order valence-corrected chi connectivity index (χ3v) is 4.30. The zero-order chi connectivity index (χ0) is 17.2. The summed E-state index contributed by atoms with van der Waals surface area (Å²) in [5.74, 6) is -0.533. The molecule has 2 aromatic heterocycles. The van der Waals surface area contributed by atoms with Crippen LogP contribution >= 0.6 is 0 Å². The molecule has 25 heavy (non-hydrogen) atoms. The summed E-state index contributed by atoms with van der Waals surface area (Å²) in [7, 11) is 0. The van der Waals surface area contributed by atoms with Crippen LogP contribution in [-0.2, 0) is 11.3 Å². The van der Waals surface area contributed by atoms with Crippen LogP contribution in [0.25, 0.3) is 11.3 Å². The van der Waals surface area contributed by atoms with E-state index in [1.807, 2.05) is 0 Å². The SMILES string of the molecule is Fc1ccc(-c2cnc(C3COCCN3Cc3cnc[nH]3)[nH]2)c(F)c1. The van der Waals surface area contributed by atoms with Gasteiger partial charge in [-0.15, -0.1) is 0 Å². The molecule has 0 saturated carbocycles. The van der Waals surface area contributed by atoms with Crippen LogP contribution in [0, 0.1) is 11.6 Å². The number of nitrogens with zero attached hydrogens (tertiary/aromatic N) is 3. The lowest BCUT2D eigenvalue weighted by Gasteiger charge is -2.33. The normalized spacial score (nSPS) is 18.6. The van der Waals surface area contributed by atoms with E-state index in [1.54, 1.807) is 18.7 Å².